The number of amidine groups is 1. The van der Waals surface area contributed by atoms with Crippen LogP contribution in [0.25, 0.3) is 0 Å². The van der Waals surface area contributed by atoms with Gasteiger partial charge in [0, 0.05) is 0 Å². The SMILES string of the molecule is CC(N)=Nc1cccc(Cl)c1F. The van der Waals surface area contributed by atoms with Gasteiger partial charge in [-0.15, -0.1) is 0 Å². The summed E-state index contributed by atoms with van der Waals surface area (Å²) in [5, 5.41) is 0.0532. The fourth-order valence-electron chi connectivity index (χ4n) is 0.769. The Morgan fingerprint density at radius 1 is 1.58 bits per heavy atom. The van der Waals surface area contributed by atoms with Gasteiger partial charge in [-0.3, -0.25) is 0 Å². The molecule has 0 atom stereocenters. The maximum atomic E-state index is 13.1. The van der Waals surface area contributed by atoms with Crippen LogP contribution in [0.1, 0.15) is 6.92 Å². The van der Waals surface area contributed by atoms with Gasteiger partial charge in [0.05, 0.1) is 10.9 Å². The van der Waals surface area contributed by atoms with E-state index in [-0.39, 0.29) is 10.7 Å². The average Bonchev–Trinajstić information content (AvgIpc) is 1.98. The first-order valence-corrected chi connectivity index (χ1v) is 3.74. The lowest BCUT2D eigenvalue weighted by Crippen LogP contribution is -2.04. The summed E-state index contributed by atoms with van der Waals surface area (Å²) >= 11 is 5.51. The summed E-state index contributed by atoms with van der Waals surface area (Å²) in [7, 11) is 0. The minimum atomic E-state index is -0.538. The molecule has 4 heteroatoms. The molecule has 0 amide bonds. The van der Waals surface area contributed by atoms with Crippen molar-refractivity contribution in [3.8, 4) is 0 Å². The molecular weight excluding hydrogens is 179 g/mol. The summed E-state index contributed by atoms with van der Waals surface area (Å²) in [4.78, 5) is 3.75. The molecule has 0 fully saturated rings. The van der Waals surface area contributed by atoms with Gasteiger partial charge in [0.25, 0.3) is 0 Å². The summed E-state index contributed by atoms with van der Waals surface area (Å²) < 4.78 is 13.1. The van der Waals surface area contributed by atoms with E-state index in [1.54, 1.807) is 13.0 Å². The Kier molecular flexibility index (Phi) is 2.65. The van der Waals surface area contributed by atoms with E-state index in [4.69, 9.17) is 17.3 Å². The molecule has 0 heterocycles. The van der Waals surface area contributed by atoms with Crippen molar-refractivity contribution in [3.63, 3.8) is 0 Å². The predicted molar refractivity (Wildman–Crippen MR) is 48.4 cm³/mol. The van der Waals surface area contributed by atoms with Gasteiger partial charge in [-0.1, -0.05) is 17.7 Å². The summed E-state index contributed by atoms with van der Waals surface area (Å²) in [6, 6.07) is 4.59. The predicted octanol–water partition coefficient (Wildman–Crippen LogP) is 2.49. The molecule has 0 aromatic heterocycles. The van der Waals surface area contributed by atoms with Crippen molar-refractivity contribution in [2.24, 2.45) is 10.7 Å². The van der Waals surface area contributed by atoms with Gasteiger partial charge < -0.3 is 5.73 Å². The number of aliphatic imine (C=N–C) groups is 1. The Bertz CT molecular complexity index is 319. The van der Waals surface area contributed by atoms with Gasteiger partial charge in [-0.25, -0.2) is 9.38 Å². The zero-order valence-electron chi connectivity index (χ0n) is 6.51. The molecule has 0 saturated heterocycles. The third-order valence-corrected chi connectivity index (χ3v) is 1.52. The molecule has 0 aliphatic heterocycles. The van der Waals surface area contributed by atoms with E-state index in [0.717, 1.165) is 0 Å². The van der Waals surface area contributed by atoms with Crippen LogP contribution in [0.3, 0.4) is 0 Å². The van der Waals surface area contributed by atoms with Gasteiger partial charge in [-0.05, 0) is 19.1 Å². The van der Waals surface area contributed by atoms with Crippen LogP contribution >= 0.6 is 11.6 Å². The van der Waals surface area contributed by atoms with E-state index in [9.17, 15) is 4.39 Å². The Labute approximate surface area is 74.9 Å². The van der Waals surface area contributed by atoms with Crippen LogP contribution in [0.15, 0.2) is 23.2 Å². The number of hydrogen-bond donors (Lipinski definition) is 1. The molecule has 0 spiro atoms. The lowest BCUT2D eigenvalue weighted by molar-refractivity contribution is 0.630. The second-order valence-electron chi connectivity index (χ2n) is 2.33. The van der Waals surface area contributed by atoms with E-state index in [0.29, 0.717) is 5.84 Å². The Balaban J connectivity index is 3.17. The van der Waals surface area contributed by atoms with E-state index in [1.165, 1.54) is 12.1 Å². The Morgan fingerprint density at radius 3 is 2.83 bits per heavy atom. The van der Waals surface area contributed by atoms with Crippen molar-refractivity contribution in [1.29, 1.82) is 0 Å². The van der Waals surface area contributed by atoms with Gasteiger partial charge >= 0.3 is 0 Å². The first-order chi connectivity index (χ1) is 5.61. The van der Waals surface area contributed by atoms with E-state index in [1.807, 2.05) is 0 Å². The third-order valence-electron chi connectivity index (χ3n) is 1.23. The Morgan fingerprint density at radius 2 is 2.25 bits per heavy atom. The molecule has 0 aliphatic rings. The maximum Gasteiger partial charge on any atom is 0.167 e. The van der Waals surface area contributed by atoms with Crippen molar-refractivity contribution in [1.82, 2.24) is 0 Å². The minimum absolute atomic E-state index is 0.0532. The van der Waals surface area contributed by atoms with Gasteiger partial charge in [0.2, 0.25) is 0 Å². The molecule has 0 unspecified atom stereocenters. The van der Waals surface area contributed by atoms with E-state index in [2.05, 4.69) is 4.99 Å². The summed E-state index contributed by atoms with van der Waals surface area (Å²) in [6.45, 7) is 1.58. The van der Waals surface area contributed by atoms with E-state index >= 15 is 0 Å². The largest absolute Gasteiger partial charge is 0.387 e. The van der Waals surface area contributed by atoms with Crippen LogP contribution < -0.4 is 5.73 Å². The van der Waals surface area contributed by atoms with Gasteiger partial charge in [0.15, 0.2) is 5.82 Å². The molecule has 64 valence electrons. The summed E-state index contributed by atoms with van der Waals surface area (Å²) in [5.74, 6) is -0.236. The van der Waals surface area contributed by atoms with Gasteiger partial charge in [0.1, 0.15) is 5.69 Å². The standard InChI is InChI=1S/C8H8ClFN2/c1-5(11)12-7-4-2-3-6(9)8(7)10/h2-4H,1H3,(H2,11,12). The second kappa shape index (κ2) is 3.54. The normalized spacial score (nSPS) is 11.8. The number of benzene rings is 1. The quantitative estimate of drug-likeness (QED) is 0.531. The summed E-state index contributed by atoms with van der Waals surface area (Å²) in [6.07, 6.45) is 0. The van der Waals surface area contributed by atoms with Crippen LogP contribution in [-0.2, 0) is 0 Å². The molecule has 0 aliphatic carbocycles. The van der Waals surface area contributed by atoms with Crippen molar-refractivity contribution < 1.29 is 4.39 Å². The van der Waals surface area contributed by atoms with Crippen LogP contribution in [0.4, 0.5) is 10.1 Å². The third kappa shape index (κ3) is 1.95. The van der Waals surface area contributed by atoms with Crippen LogP contribution in [-0.4, -0.2) is 5.84 Å². The first kappa shape index (κ1) is 9.00. The smallest absolute Gasteiger partial charge is 0.167 e. The Hall–Kier alpha value is -1.09. The molecule has 1 rings (SSSR count). The fraction of sp³-hybridized carbons (Fsp3) is 0.125. The molecule has 0 radical (unpaired) electrons. The fourth-order valence-corrected chi connectivity index (χ4v) is 0.938. The van der Waals surface area contributed by atoms with Crippen LogP contribution in [0.2, 0.25) is 5.02 Å². The average molecular weight is 187 g/mol. The number of rotatable bonds is 1. The number of nitrogens with two attached hydrogens (primary N) is 1. The van der Waals surface area contributed by atoms with Crippen molar-refractivity contribution >= 4 is 23.1 Å². The van der Waals surface area contributed by atoms with Crippen molar-refractivity contribution in [2.45, 2.75) is 6.92 Å². The maximum absolute atomic E-state index is 13.1. The number of nitrogens with zero attached hydrogens (tertiary/aromatic N) is 1. The van der Waals surface area contributed by atoms with Crippen LogP contribution in [0.5, 0.6) is 0 Å². The lowest BCUT2D eigenvalue weighted by Gasteiger charge is -1.98. The molecule has 2 N–H and O–H groups in total. The monoisotopic (exact) mass is 186 g/mol. The highest BCUT2D eigenvalue weighted by Crippen LogP contribution is 2.24. The molecule has 12 heavy (non-hydrogen) atoms. The van der Waals surface area contributed by atoms with E-state index < -0.39 is 5.82 Å². The molecule has 2 nitrogen and oxygen atoms in total. The highest BCUT2D eigenvalue weighted by molar-refractivity contribution is 6.31. The molecule has 1 aromatic rings. The molecular formula is C8H8ClFN2. The molecule has 0 saturated carbocycles. The minimum Gasteiger partial charge on any atom is -0.387 e. The highest BCUT2D eigenvalue weighted by Gasteiger charge is 2.03. The number of halogens is 2. The second-order valence-corrected chi connectivity index (χ2v) is 2.73. The van der Waals surface area contributed by atoms with Gasteiger partial charge in [-0.2, -0.15) is 0 Å². The highest BCUT2D eigenvalue weighted by atomic mass is 35.5. The van der Waals surface area contributed by atoms with Crippen molar-refractivity contribution in [2.75, 3.05) is 0 Å². The topological polar surface area (TPSA) is 38.4 Å². The van der Waals surface area contributed by atoms with Crippen molar-refractivity contribution in [3.05, 3.63) is 29.0 Å². The lowest BCUT2D eigenvalue weighted by atomic mass is 10.3. The molecule has 1 aromatic carbocycles. The first-order valence-electron chi connectivity index (χ1n) is 3.36. The number of hydrogen-bond acceptors (Lipinski definition) is 1. The zero-order valence-corrected chi connectivity index (χ0v) is 7.27. The zero-order chi connectivity index (χ0) is 9.14. The molecule has 0 bridgehead atoms. The summed E-state index contributed by atoms with van der Waals surface area (Å²) in [5.41, 5.74) is 5.45. The van der Waals surface area contributed by atoms with Crippen LogP contribution in [0, 0.1) is 5.82 Å².